The van der Waals surface area contributed by atoms with Crippen molar-refractivity contribution in [3.63, 3.8) is 0 Å². The largest absolute Gasteiger partial charge is 0.326 e. The standard InChI is InChI=1S/C17H24N2O/c1-16(2,3)19-10-8-17(9-11-19)12-15(20)18-14-7-5-4-6-13(14)17/h4-7H,8-12H2,1-3H3,(H,18,20). The smallest absolute Gasteiger partial charge is 0.225 e. The molecule has 0 radical (unpaired) electrons. The Morgan fingerprint density at radius 1 is 1.15 bits per heavy atom. The Morgan fingerprint density at radius 2 is 1.80 bits per heavy atom. The highest BCUT2D eigenvalue weighted by Gasteiger charge is 2.43. The van der Waals surface area contributed by atoms with Gasteiger partial charge in [0.15, 0.2) is 0 Å². The maximum Gasteiger partial charge on any atom is 0.225 e. The number of nitrogens with one attached hydrogen (secondary N) is 1. The summed E-state index contributed by atoms with van der Waals surface area (Å²) in [6.07, 6.45) is 2.80. The lowest BCUT2D eigenvalue weighted by molar-refractivity contribution is -0.118. The van der Waals surface area contributed by atoms with Gasteiger partial charge in [0.2, 0.25) is 5.91 Å². The molecular weight excluding hydrogens is 248 g/mol. The lowest BCUT2D eigenvalue weighted by atomic mass is 9.67. The lowest BCUT2D eigenvalue weighted by Gasteiger charge is -2.48. The van der Waals surface area contributed by atoms with Crippen LogP contribution in [0.4, 0.5) is 5.69 Å². The molecule has 1 aromatic carbocycles. The van der Waals surface area contributed by atoms with E-state index < -0.39 is 0 Å². The molecule has 1 fully saturated rings. The van der Waals surface area contributed by atoms with E-state index in [4.69, 9.17) is 0 Å². The van der Waals surface area contributed by atoms with Gasteiger partial charge in [-0.05, 0) is 58.3 Å². The van der Waals surface area contributed by atoms with Crippen LogP contribution in [-0.2, 0) is 10.2 Å². The van der Waals surface area contributed by atoms with E-state index >= 15 is 0 Å². The number of nitrogens with zero attached hydrogens (tertiary/aromatic N) is 1. The zero-order valence-corrected chi connectivity index (χ0v) is 12.7. The molecule has 108 valence electrons. The van der Waals surface area contributed by atoms with Crippen LogP contribution >= 0.6 is 0 Å². The van der Waals surface area contributed by atoms with Gasteiger partial charge in [-0.15, -0.1) is 0 Å². The summed E-state index contributed by atoms with van der Waals surface area (Å²) in [5.74, 6) is 0.174. The number of piperidine rings is 1. The molecule has 20 heavy (non-hydrogen) atoms. The van der Waals surface area contributed by atoms with Gasteiger partial charge in [0.1, 0.15) is 0 Å². The van der Waals surface area contributed by atoms with E-state index in [-0.39, 0.29) is 16.9 Å². The van der Waals surface area contributed by atoms with E-state index in [0.717, 1.165) is 31.6 Å². The Bertz CT molecular complexity index is 522. The second-order valence-corrected chi connectivity index (χ2v) is 7.21. The Balaban J connectivity index is 1.89. The fourth-order valence-corrected chi connectivity index (χ4v) is 3.70. The van der Waals surface area contributed by atoms with Gasteiger partial charge >= 0.3 is 0 Å². The van der Waals surface area contributed by atoms with Crippen molar-refractivity contribution in [1.29, 1.82) is 0 Å². The summed E-state index contributed by atoms with van der Waals surface area (Å²) in [6, 6.07) is 8.32. The van der Waals surface area contributed by atoms with Crippen LogP contribution in [0.1, 0.15) is 45.6 Å². The Kier molecular flexibility index (Phi) is 3.13. The zero-order chi connectivity index (χ0) is 14.4. The number of anilines is 1. The first kappa shape index (κ1) is 13.6. The number of hydrogen-bond acceptors (Lipinski definition) is 2. The second kappa shape index (κ2) is 4.59. The molecule has 2 aliphatic heterocycles. The predicted octanol–water partition coefficient (Wildman–Crippen LogP) is 3.16. The van der Waals surface area contributed by atoms with Crippen LogP contribution in [0.3, 0.4) is 0 Å². The molecule has 1 amide bonds. The van der Waals surface area contributed by atoms with Crippen LogP contribution < -0.4 is 5.32 Å². The number of carbonyl (C=O) groups is 1. The molecule has 1 N–H and O–H groups in total. The minimum atomic E-state index is 0.0562. The molecule has 3 rings (SSSR count). The number of hydrogen-bond donors (Lipinski definition) is 1. The molecule has 3 heteroatoms. The van der Waals surface area contributed by atoms with Crippen LogP contribution in [0.15, 0.2) is 24.3 Å². The molecule has 0 saturated carbocycles. The highest BCUT2D eigenvalue weighted by molar-refractivity contribution is 5.95. The summed E-state index contributed by atoms with van der Waals surface area (Å²) in [6.45, 7) is 8.96. The molecule has 1 saturated heterocycles. The molecule has 0 unspecified atom stereocenters. The van der Waals surface area contributed by atoms with Crippen molar-refractivity contribution >= 4 is 11.6 Å². The van der Waals surface area contributed by atoms with Gasteiger partial charge < -0.3 is 5.32 Å². The summed E-state index contributed by atoms with van der Waals surface area (Å²) in [5.41, 5.74) is 2.64. The van der Waals surface area contributed by atoms with Crippen LogP contribution in [0.5, 0.6) is 0 Å². The molecule has 0 atom stereocenters. The van der Waals surface area contributed by atoms with Crippen molar-refractivity contribution < 1.29 is 4.79 Å². The van der Waals surface area contributed by atoms with E-state index in [2.05, 4.69) is 43.1 Å². The van der Waals surface area contributed by atoms with Gasteiger partial charge in [-0.3, -0.25) is 9.69 Å². The number of rotatable bonds is 0. The maximum atomic E-state index is 12.1. The molecule has 2 aliphatic rings. The van der Waals surface area contributed by atoms with Gasteiger partial charge in [-0.2, -0.15) is 0 Å². The Morgan fingerprint density at radius 3 is 2.45 bits per heavy atom. The molecule has 0 aromatic heterocycles. The van der Waals surface area contributed by atoms with Crippen molar-refractivity contribution in [3.05, 3.63) is 29.8 Å². The summed E-state index contributed by atoms with van der Waals surface area (Å²) in [7, 11) is 0. The molecular formula is C17H24N2O. The summed E-state index contributed by atoms with van der Waals surface area (Å²) in [4.78, 5) is 14.6. The van der Waals surface area contributed by atoms with Crippen molar-refractivity contribution in [1.82, 2.24) is 4.90 Å². The van der Waals surface area contributed by atoms with E-state index in [1.807, 2.05) is 12.1 Å². The van der Waals surface area contributed by atoms with Crippen molar-refractivity contribution in [2.75, 3.05) is 18.4 Å². The zero-order valence-electron chi connectivity index (χ0n) is 12.7. The SMILES string of the molecule is CC(C)(C)N1CCC2(CC1)CC(=O)Nc1ccccc12. The fraction of sp³-hybridized carbons (Fsp3) is 0.588. The number of fused-ring (bicyclic) bond motifs is 2. The molecule has 0 bridgehead atoms. The monoisotopic (exact) mass is 272 g/mol. The third kappa shape index (κ3) is 2.24. The Hall–Kier alpha value is -1.35. The molecule has 2 heterocycles. The first-order valence-electron chi connectivity index (χ1n) is 7.55. The minimum Gasteiger partial charge on any atom is -0.326 e. The van der Waals surface area contributed by atoms with Crippen LogP contribution in [0.2, 0.25) is 0 Å². The van der Waals surface area contributed by atoms with Crippen LogP contribution in [0.25, 0.3) is 0 Å². The van der Waals surface area contributed by atoms with Crippen molar-refractivity contribution in [2.45, 2.75) is 51.0 Å². The van der Waals surface area contributed by atoms with Crippen molar-refractivity contribution in [3.8, 4) is 0 Å². The molecule has 1 spiro atoms. The average molecular weight is 272 g/mol. The second-order valence-electron chi connectivity index (χ2n) is 7.21. The number of para-hydroxylation sites is 1. The fourth-order valence-electron chi connectivity index (χ4n) is 3.70. The lowest BCUT2D eigenvalue weighted by Crippen LogP contribution is -2.52. The number of carbonyl (C=O) groups excluding carboxylic acids is 1. The first-order valence-corrected chi connectivity index (χ1v) is 7.55. The van der Waals surface area contributed by atoms with Crippen molar-refractivity contribution in [2.24, 2.45) is 0 Å². The highest BCUT2D eigenvalue weighted by atomic mass is 16.1. The summed E-state index contributed by atoms with van der Waals surface area (Å²) in [5, 5.41) is 3.02. The molecule has 0 aliphatic carbocycles. The third-order valence-corrected chi connectivity index (χ3v) is 4.94. The number of amides is 1. The first-order chi connectivity index (χ1) is 9.41. The maximum absolute atomic E-state index is 12.1. The van der Waals surface area contributed by atoms with E-state index in [0.29, 0.717) is 6.42 Å². The van der Waals surface area contributed by atoms with E-state index in [1.165, 1.54) is 5.56 Å². The quantitative estimate of drug-likeness (QED) is 0.787. The van der Waals surface area contributed by atoms with Gasteiger partial charge in [0, 0.05) is 23.1 Å². The van der Waals surface area contributed by atoms with Gasteiger partial charge in [-0.25, -0.2) is 0 Å². The molecule has 1 aromatic rings. The Labute approximate surface area is 121 Å². The summed E-state index contributed by atoms with van der Waals surface area (Å²) >= 11 is 0. The van der Waals surface area contributed by atoms with Gasteiger partial charge in [0.05, 0.1) is 0 Å². The van der Waals surface area contributed by atoms with Gasteiger partial charge in [-0.1, -0.05) is 18.2 Å². The van der Waals surface area contributed by atoms with Crippen LogP contribution in [0, 0.1) is 0 Å². The third-order valence-electron chi connectivity index (χ3n) is 4.94. The highest BCUT2D eigenvalue weighted by Crippen LogP contribution is 2.45. The van der Waals surface area contributed by atoms with Crippen LogP contribution in [-0.4, -0.2) is 29.4 Å². The average Bonchev–Trinajstić information content (AvgIpc) is 2.38. The van der Waals surface area contributed by atoms with E-state index in [9.17, 15) is 4.79 Å². The number of benzene rings is 1. The molecule has 3 nitrogen and oxygen atoms in total. The normalized spacial score (nSPS) is 22.4. The summed E-state index contributed by atoms with van der Waals surface area (Å²) < 4.78 is 0. The minimum absolute atomic E-state index is 0.0562. The predicted molar refractivity (Wildman–Crippen MR) is 81.9 cm³/mol. The van der Waals surface area contributed by atoms with E-state index in [1.54, 1.807) is 0 Å². The number of likely N-dealkylation sites (tertiary alicyclic amines) is 1. The topological polar surface area (TPSA) is 32.3 Å². The van der Waals surface area contributed by atoms with Gasteiger partial charge in [0.25, 0.3) is 0 Å².